The van der Waals surface area contributed by atoms with E-state index in [1.54, 1.807) is 16.4 Å². The van der Waals surface area contributed by atoms with Gasteiger partial charge >= 0.3 is 0 Å². The lowest BCUT2D eigenvalue weighted by Crippen LogP contribution is -2.42. The highest BCUT2D eigenvalue weighted by Gasteiger charge is 2.28. The Balaban J connectivity index is 1.46. The number of carbonyl (C=O) groups is 1. The predicted molar refractivity (Wildman–Crippen MR) is 106 cm³/mol. The minimum Gasteiger partial charge on any atom is -0.481 e. The SMILES string of the molecule is COc1ccc(C(=O)NCC2CCN(S(=O)(=O)Cc3ccccc3)CC2)cn1. The highest BCUT2D eigenvalue weighted by Crippen LogP contribution is 2.21. The first-order valence-corrected chi connectivity index (χ1v) is 10.9. The Morgan fingerprint density at radius 2 is 1.89 bits per heavy atom. The number of benzene rings is 1. The van der Waals surface area contributed by atoms with Crippen molar-refractivity contribution in [3.63, 3.8) is 0 Å². The van der Waals surface area contributed by atoms with Crippen molar-refractivity contribution in [2.45, 2.75) is 18.6 Å². The minimum atomic E-state index is -3.31. The fraction of sp³-hybridized carbons (Fsp3) is 0.400. The number of ether oxygens (including phenoxy) is 1. The Morgan fingerprint density at radius 3 is 2.50 bits per heavy atom. The van der Waals surface area contributed by atoms with Crippen LogP contribution in [-0.4, -0.2) is 50.4 Å². The molecule has 2 heterocycles. The molecule has 0 atom stereocenters. The van der Waals surface area contributed by atoms with Gasteiger partial charge in [0, 0.05) is 31.9 Å². The van der Waals surface area contributed by atoms with Gasteiger partial charge in [-0.3, -0.25) is 4.79 Å². The zero-order valence-corrected chi connectivity index (χ0v) is 16.7. The van der Waals surface area contributed by atoms with Crippen molar-refractivity contribution in [1.82, 2.24) is 14.6 Å². The molecule has 1 fully saturated rings. The van der Waals surface area contributed by atoms with Gasteiger partial charge in [-0.1, -0.05) is 30.3 Å². The Kier molecular flexibility index (Phi) is 6.64. The number of rotatable bonds is 7. The molecule has 0 saturated carbocycles. The maximum absolute atomic E-state index is 12.6. The molecule has 28 heavy (non-hydrogen) atoms. The molecule has 150 valence electrons. The maximum atomic E-state index is 12.6. The van der Waals surface area contributed by atoms with Crippen LogP contribution < -0.4 is 10.1 Å². The van der Waals surface area contributed by atoms with E-state index < -0.39 is 10.0 Å². The third-order valence-electron chi connectivity index (χ3n) is 4.92. The van der Waals surface area contributed by atoms with Crippen LogP contribution in [0.25, 0.3) is 0 Å². The van der Waals surface area contributed by atoms with Crippen molar-refractivity contribution in [3.8, 4) is 5.88 Å². The smallest absolute Gasteiger partial charge is 0.252 e. The molecule has 0 spiro atoms. The van der Waals surface area contributed by atoms with Gasteiger partial charge in [-0.2, -0.15) is 0 Å². The summed E-state index contributed by atoms with van der Waals surface area (Å²) in [5.41, 5.74) is 1.27. The average Bonchev–Trinajstić information content (AvgIpc) is 2.73. The lowest BCUT2D eigenvalue weighted by atomic mass is 9.98. The molecule has 1 aliphatic rings. The fourth-order valence-corrected chi connectivity index (χ4v) is 4.81. The molecule has 7 nitrogen and oxygen atoms in total. The molecule has 0 unspecified atom stereocenters. The van der Waals surface area contributed by atoms with Gasteiger partial charge < -0.3 is 10.1 Å². The number of carbonyl (C=O) groups excluding carboxylic acids is 1. The van der Waals surface area contributed by atoms with Crippen LogP contribution in [0.4, 0.5) is 0 Å². The van der Waals surface area contributed by atoms with E-state index in [1.807, 2.05) is 30.3 Å². The van der Waals surface area contributed by atoms with Gasteiger partial charge in [-0.15, -0.1) is 0 Å². The fourth-order valence-electron chi connectivity index (χ4n) is 3.24. The van der Waals surface area contributed by atoms with E-state index in [0.717, 1.165) is 18.4 Å². The second kappa shape index (κ2) is 9.16. The number of piperidine rings is 1. The van der Waals surface area contributed by atoms with E-state index in [-0.39, 0.29) is 17.6 Å². The van der Waals surface area contributed by atoms with E-state index >= 15 is 0 Å². The summed E-state index contributed by atoms with van der Waals surface area (Å²) in [5, 5.41) is 2.91. The summed E-state index contributed by atoms with van der Waals surface area (Å²) >= 11 is 0. The number of aromatic nitrogens is 1. The largest absolute Gasteiger partial charge is 0.481 e. The van der Waals surface area contributed by atoms with Crippen molar-refractivity contribution < 1.29 is 17.9 Å². The highest BCUT2D eigenvalue weighted by atomic mass is 32.2. The molecule has 8 heteroatoms. The normalized spacial score (nSPS) is 15.9. The summed E-state index contributed by atoms with van der Waals surface area (Å²) in [5.74, 6) is 0.563. The van der Waals surface area contributed by atoms with Gasteiger partial charge in [0.25, 0.3) is 5.91 Å². The van der Waals surface area contributed by atoms with Gasteiger partial charge in [0.1, 0.15) is 0 Å². The predicted octanol–water partition coefficient (Wildman–Crippen LogP) is 2.06. The number of nitrogens with zero attached hydrogens (tertiary/aromatic N) is 2. The lowest BCUT2D eigenvalue weighted by Gasteiger charge is -2.31. The second-order valence-electron chi connectivity index (χ2n) is 6.88. The van der Waals surface area contributed by atoms with E-state index in [4.69, 9.17) is 4.74 Å². The van der Waals surface area contributed by atoms with E-state index in [9.17, 15) is 13.2 Å². The van der Waals surface area contributed by atoms with Crippen molar-refractivity contribution in [2.75, 3.05) is 26.7 Å². The highest BCUT2D eigenvalue weighted by molar-refractivity contribution is 7.88. The van der Waals surface area contributed by atoms with E-state index in [2.05, 4.69) is 10.3 Å². The molecule has 1 saturated heterocycles. The number of nitrogens with one attached hydrogen (secondary N) is 1. The zero-order valence-electron chi connectivity index (χ0n) is 15.9. The molecular formula is C20H25N3O4S. The Morgan fingerprint density at radius 1 is 1.18 bits per heavy atom. The van der Waals surface area contributed by atoms with Crippen molar-refractivity contribution >= 4 is 15.9 Å². The number of methoxy groups -OCH3 is 1. The summed E-state index contributed by atoms with van der Waals surface area (Å²) < 4.78 is 31.8. The second-order valence-corrected chi connectivity index (χ2v) is 8.85. The third kappa shape index (κ3) is 5.30. The molecule has 3 rings (SSSR count). The molecule has 1 aliphatic heterocycles. The van der Waals surface area contributed by atoms with Gasteiger partial charge in [0.05, 0.1) is 18.4 Å². The Labute approximate surface area is 165 Å². The maximum Gasteiger partial charge on any atom is 0.252 e. The third-order valence-corrected chi connectivity index (χ3v) is 6.77. The minimum absolute atomic E-state index is 0.0275. The summed E-state index contributed by atoms with van der Waals surface area (Å²) in [4.78, 5) is 16.2. The molecule has 0 bridgehead atoms. The number of sulfonamides is 1. The molecule has 1 N–H and O–H groups in total. The Hall–Kier alpha value is -2.45. The molecular weight excluding hydrogens is 378 g/mol. The van der Waals surface area contributed by atoms with Gasteiger partial charge in [-0.25, -0.2) is 17.7 Å². The van der Waals surface area contributed by atoms with Crippen LogP contribution >= 0.6 is 0 Å². The number of pyridine rings is 1. The average molecular weight is 404 g/mol. The van der Waals surface area contributed by atoms with Crippen molar-refractivity contribution in [3.05, 3.63) is 59.8 Å². The summed E-state index contributed by atoms with van der Waals surface area (Å²) in [6.45, 7) is 1.50. The lowest BCUT2D eigenvalue weighted by molar-refractivity contribution is 0.0941. The van der Waals surface area contributed by atoms with Crippen LogP contribution in [0.2, 0.25) is 0 Å². The first kappa shape index (κ1) is 20.3. The molecule has 1 amide bonds. The van der Waals surface area contributed by atoms with E-state index in [1.165, 1.54) is 13.3 Å². The molecule has 0 radical (unpaired) electrons. The van der Waals surface area contributed by atoms with Crippen LogP contribution in [0, 0.1) is 5.92 Å². The van der Waals surface area contributed by atoms with Gasteiger partial charge in [0.2, 0.25) is 15.9 Å². The first-order chi connectivity index (χ1) is 13.5. The van der Waals surface area contributed by atoms with Crippen LogP contribution in [0.3, 0.4) is 0 Å². The quantitative estimate of drug-likeness (QED) is 0.764. The number of hydrogen-bond acceptors (Lipinski definition) is 5. The summed E-state index contributed by atoms with van der Waals surface area (Å²) in [6, 6.07) is 12.5. The van der Waals surface area contributed by atoms with Crippen molar-refractivity contribution in [1.29, 1.82) is 0 Å². The van der Waals surface area contributed by atoms with Gasteiger partial charge in [-0.05, 0) is 30.4 Å². The summed E-state index contributed by atoms with van der Waals surface area (Å²) in [6.07, 6.45) is 2.94. The van der Waals surface area contributed by atoms with E-state index in [0.29, 0.717) is 31.1 Å². The molecule has 2 aromatic rings. The molecule has 0 aliphatic carbocycles. The van der Waals surface area contributed by atoms with Gasteiger partial charge in [0.15, 0.2) is 0 Å². The first-order valence-electron chi connectivity index (χ1n) is 9.28. The van der Waals surface area contributed by atoms with Crippen LogP contribution in [0.15, 0.2) is 48.7 Å². The summed E-state index contributed by atoms with van der Waals surface area (Å²) in [7, 11) is -1.79. The van der Waals surface area contributed by atoms with Crippen LogP contribution in [0.1, 0.15) is 28.8 Å². The monoisotopic (exact) mass is 403 g/mol. The molecule has 1 aromatic heterocycles. The zero-order chi connectivity index (χ0) is 20.0. The van der Waals surface area contributed by atoms with Crippen LogP contribution in [-0.2, 0) is 15.8 Å². The molecule has 1 aromatic carbocycles. The van der Waals surface area contributed by atoms with Crippen LogP contribution in [0.5, 0.6) is 5.88 Å². The topological polar surface area (TPSA) is 88.6 Å². The number of hydrogen-bond donors (Lipinski definition) is 1. The number of amides is 1. The Bertz CT molecular complexity index is 877. The standard InChI is InChI=1S/C20H25N3O4S/c1-27-19-8-7-18(14-21-19)20(24)22-13-16-9-11-23(12-10-16)28(25,26)15-17-5-3-2-4-6-17/h2-8,14,16H,9-13,15H2,1H3,(H,22,24). The van der Waals surface area contributed by atoms with Crippen molar-refractivity contribution in [2.24, 2.45) is 5.92 Å².